The van der Waals surface area contributed by atoms with E-state index in [2.05, 4.69) is 48.9 Å². The summed E-state index contributed by atoms with van der Waals surface area (Å²) in [6.45, 7) is 6.32. The van der Waals surface area contributed by atoms with E-state index in [-0.39, 0.29) is 0 Å². The summed E-state index contributed by atoms with van der Waals surface area (Å²) < 4.78 is 0. The van der Waals surface area contributed by atoms with E-state index < -0.39 is 0 Å². The highest BCUT2D eigenvalue weighted by molar-refractivity contribution is 9.11. The standard InChI is InChI=1S/C10H15Br/c1-9(2)5-4-6-10(3)7-8-11/h5-8H,4H2,1-3H3/b8-7+,10-6-. The first-order chi connectivity index (χ1) is 5.16. The summed E-state index contributed by atoms with van der Waals surface area (Å²) >= 11 is 3.23. The van der Waals surface area contributed by atoms with Crippen LogP contribution in [0.2, 0.25) is 0 Å². The second-order valence-corrected chi connectivity index (χ2v) is 3.29. The van der Waals surface area contributed by atoms with Crippen molar-refractivity contribution in [2.24, 2.45) is 0 Å². The molecule has 0 radical (unpaired) electrons. The fourth-order valence-corrected chi connectivity index (χ4v) is 1.06. The second kappa shape index (κ2) is 6.41. The van der Waals surface area contributed by atoms with Gasteiger partial charge >= 0.3 is 0 Å². The van der Waals surface area contributed by atoms with Crippen LogP contribution in [-0.4, -0.2) is 0 Å². The first-order valence-electron chi connectivity index (χ1n) is 3.73. The van der Waals surface area contributed by atoms with Crippen molar-refractivity contribution in [1.29, 1.82) is 0 Å². The van der Waals surface area contributed by atoms with Gasteiger partial charge in [-0.15, -0.1) is 0 Å². The molecule has 0 bridgehead atoms. The van der Waals surface area contributed by atoms with Gasteiger partial charge in [-0.05, 0) is 32.2 Å². The smallest absolute Gasteiger partial charge is 0.0161 e. The Hall–Kier alpha value is -0.300. The average molecular weight is 215 g/mol. The molecule has 11 heavy (non-hydrogen) atoms. The highest BCUT2D eigenvalue weighted by atomic mass is 79.9. The molecule has 0 atom stereocenters. The molecule has 0 rings (SSSR count). The number of halogens is 1. The summed E-state index contributed by atoms with van der Waals surface area (Å²) in [6, 6.07) is 0. The zero-order valence-electron chi connectivity index (χ0n) is 7.39. The first-order valence-corrected chi connectivity index (χ1v) is 4.65. The molecule has 0 heterocycles. The van der Waals surface area contributed by atoms with Gasteiger partial charge in [0, 0.05) is 0 Å². The van der Waals surface area contributed by atoms with Gasteiger partial charge in [0.2, 0.25) is 0 Å². The van der Waals surface area contributed by atoms with Crippen LogP contribution in [0.4, 0.5) is 0 Å². The highest BCUT2D eigenvalue weighted by Gasteiger charge is 1.79. The van der Waals surface area contributed by atoms with Gasteiger partial charge in [0.25, 0.3) is 0 Å². The minimum atomic E-state index is 1.03. The summed E-state index contributed by atoms with van der Waals surface area (Å²) in [6.07, 6.45) is 7.49. The Labute approximate surface area is 77.8 Å². The Bertz CT molecular complexity index is 181. The van der Waals surface area contributed by atoms with Crippen molar-refractivity contribution in [3.63, 3.8) is 0 Å². The average Bonchev–Trinajstić information content (AvgIpc) is 1.87. The van der Waals surface area contributed by atoms with Crippen LogP contribution in [-0.2, 0) is 0 Å². The summed E-state index contributed by atoms with van der Waals surface area (Å²) in [4.78, 5) is 1.88. The fourth-order valence-electron chi connectivity index (χ4n) is 0.648. The summed E-state index contributed by atoms with van der Waals surface area (Å²) in [5, 5.41) is 0. The monoisotopic (exact) mass is 214 g/mol. The lowest BCUT2D eigenvalue weighted by atomic mass is 10.2. The van der Waals surface area contributed by atoms with Crippen LogP contribution in [0, 0.1) is 0 Å². The van der Waals surface area contributed by atoms with Gasteiger partial charge in [-0.3, -0.25) is 0 Å². The highest BCUT2D eigenvalue weighted by Crippen LogP contribution is 2.01. The lowest BCUT2D eigenvalue weighted by Gasteiger charge is -1.89. The van der Waals surface area contributed by atoms with Crippen LogP contribution < -0.4 is 0 Å². The van der Waals surface area contributed by atoms with Gasteiger partial charge in [0.15, 0.2) is 0 Å². The molecule has 0 aromatic heterocycles. The quantitative estimate of drug-likeness (QED) is 0.489. The topological polar surface area (TPSA) is 0 Å². The van der Waals surface area contributed by atoms with Gasteiger partial charge in [0.1, 0.15) is 0 Å². The molecular formula is C10H15Br. The third-order valence-electron chi connectivity index (χ3n) is 1.29. The van der Waals surface area contributed by atoms with Gasteiger partial charge in [-0.1, -0.05) is 45.3 Å². The Balaban J connectivity index is 3.83. The first kappa shape index (κ1) is 10.7. The van der Waals surface area contributed by atoms with Crippen molar-refractivity contribution in [3.05, 3.63) is 34.4 Å². The van der Waals surface area contributed by atoms with Crippen molar-refractivity contribution in [2.45, 2.75) is 27.2 Å². The van der Waals surface area contributed by atoms with Crippen molar-refractivity contribution >= 4 is 15.9 Å². The molecule has 62 valence electrons. The Morgan fingerprint density at radius 1 is 1.18 bits per heavy atom. The maximum Gasteiger partial charge on any atom is -0.0161 e. The molecule has 0 aliphatic carbocycles. The van der Waals surface area contributed by atoms with Gasteiger partial charge in [-0.25, -0.2) is 0 Å². The van der Waals surface area contributed by atoms with Crippen molar-refractivity contribution in [2.75, 3.05) is 0 Å². The maximum absolute atomic E-state index is 3.23. The van der Waals surface area contributed by atoms with Gasteiger partial charge in [-0.2, -0.15) is 0 Å². The fraction of sp³-hybridized carbons (Fsp3) is 0.400. The number of allylic oxidation sites excluding steroid dienone is 5. The van der Waals surface area contributed by atoms with E-state index in [9.17, 15) is 0 Å². The van der Waals surface area contributed by atoms with E-state index >= 15 is 0 Å². The molecule has 0 aromatic carbocycles. The molecule has 0 amide bonds. The van der Waals surface area contributed by atoms with Gasteiger partial charge in [0.05, 0.1) is 0 Å². The molecule has 0 unspecified atom stereocenters. The molecule has 0 fully saturated rings. The third-order valence-corrected chi connectivity index (χ3v) is 1.56. The summed E-state index contributed by atoms with van der Waals surface area (Å²) in [5.74, 6) is 0. The van der Waals surface area contributed by atoms with Crippen LogP contribution in [0.5, 0.6) is 0 Å². The molecule has 0 N–H and O–H groups in total. The van der Waals surface area contributed by atoms with E-state index in [0.717, 1.165) is 6.42 Å². The molecule has 0 saturated carbocycles. The summed E-state index contributed by atoms with van der Waals surface area (Å²) in [7, 11) is 0. The minimum absolute atomic E-state index is 1.03. The molecule has 0 aliphatic heterocycles. The van der Waals surface area contributed by atoms with E-state index in [4.69, 9.17) is 0 Å². The van der Waals surface area contributed by atoms with E-state index in [1.807, 2.05) is 11.1 Å². The van der Waals surface area contributed by atoms with Crippen LogP contribution in [0.3, 0.4) is 0 Å². The Kier molecular flexibility index (Phi) is 6.24. The Morgan fingerprint density at radius 2 is 1.82 bits per heavy atom. The Morgan fingerprint density at radius 3 is 2.27 bits per heavy atom. The normalized spacial score (nSPS) is 12.2. The summed E-state index contributed by atoms with van der Waals surface area (Å²) in [5.41, 5.74) is 2.66. The molecule has 0 nitrogen and oxygen atoms in total. The lowest BCUT2D eigenvalue weighted by Crippen LogP contribution is -1.68. The van der Waals surface area contributed by atoms with E-state index in [1.54, 1.807) is 0 Å². The third kappa shape index (κ3) is 7.60. The van der Waals surface area contributed by atoms with Crippen LogP contribution in [0.25, 0.3) is 0 Å². The van der Waals surface area contributed by atoms with Crippen LogP contribution in [0.15, 0.2) is 34.4 Å². The SMILES string of the molecule is CC(C)=CC/C=C(C)\C=C\Br. The van der Waals surface area contributed by atoms with Crippen molar-refractivity contribution in [1.82, 2.24) is 0 Å². The zero-order chi connectivity index (χ0) is 8.69. The van der Waals surface area contributed by atoms with E-state index in [0.29, 0.717) is 0 Å². The largest absolute Gasteiger partial charge is 0.0821 e. The van der Waals surface area contributed by atoms with Crippen LogP contribution in [0.1, 0.15) is 27.2 Å². The minimum Gasteiger partial charge on any atom is -0.0821 e. The predicted molar refractivity (Wildman–Crippen MR) is 55.9 cm³/mol. The molecule has 0 spiro atoms. The van der Waals surface area contributed by atoms with E-state index in [1.165, 1.54) is 11.1 Å². The van der Waals surface area contributed by atoms with Crippen molar-refractivity contribution < 1.29 is 0 Å². The molecule has 0 saturated heterocycles. The van der Waals surface area contributed by atoms with Crippen LogP contribution >= 0.6 is 15.9 Å². The number of hydrogen-bond donors (Lipinski definition) is 0. The molecule has 0 aliphatic rings. The van der Waals surface area contributed by atoms with Gasteiger partial charge < -0.3 is 0 Å². The van der Waals surface area contributed by atoms with Crippen molar-refractivity contribution in [3.8, 4) is 0 Å². The second-order valence-electron chi connectivity index (χ2n) is 2.76. The molecule has 1 heteroatoms. The lowest BCUT2D eigenvalue weighted by molar-refractivity contribution is 1.26. The maximum atomic E-state index is 3.23. The number of hydrogen-bond acceptors (Lipinski definition) is 0. The number of rotatable bonds is 3. The molecular weight excluding hydrogens is 200 g/mol. The molecule has 0 aromatic rings. The zero-order valence-corrected chi connectivity index (χ0v) is 8.98. The predicted octanol–water partition coefficient (Wildman–Crippen LogP) is 4.20.